The molecular weight excluding hydrogens is 358 g/mol. The third-order valence-corrected chi connectivity index (χ3v) is 6.29. The van der Waals surface area contributed by atoms with Crippen molar-refractivity contribution in [2.75, 3.05) is 13.1 Å². The number of hydrogen-bond acceptors (Lipinski definition) is 6. The van der Waals surface area contributed by atoms with E-state index in [0.717, 1.165) is 0 Å². The SMILES string of the molecule is Cn1c(=O)oc2ccc(S(=O)(=O)N3CCC(Oc4ccccn4)C3)cc21. The number of aromatic nitrogens is 2. The summed E-state index contributed by atoms with van der Waals surface area (Å²) in [5.41, 5.74) is 0.797. The highest BCUT2D eigenvalue weighted by Gasteiger charge is 2.34. The second kappa shape index (κ2) is 6.26. The Labute approximate surface area is 149 Å². The highest BCUT2D eigenvalue weighted by molar-refractivity contribution is 7.89. The summed E-state index contributed by atoms with van der Waals surface area (Å²) in [6, 6.07) is 9.76. The monoisotopic (exact) mass is 375 g/mol. The first kappa shape index (κ1) is 16.8. The largest absolute Gasteiger partial charge is 0.473 e. The highest BCUT2D eigenvalue weighted by atomic mass is 32.2. The summed E-state index contributed by atoms with van der Waals surface area (Å²) in [7, 11) is -2.15. The smallest absolute Gasteiger partial charge is 0.419 e. The van der Waals surface area contributed by atoms with Crippen LogP contribution in [0, 0.1) is 0 Å². The molecule has 0 amide bonds. The number of benzene rings is 1. The molecule has 0 radical (unpaired) electrons. The van der Waals surface area contributed by atoms with E-state index < -0.39 is 15.8 Å². The lowest BCUT2D eigenvalue weighted by molar-refractivity contribution is 0.207. The second-order valence-corrected chi connectivity index (χ2v) is 8.05. The molecule has 1 unspecified atom stereocenters. The third kappa shape index (κ3) is 2.89. The lowest BCUT2D eigenvalue weighted by Crippen LogP contribution is -2.31. The van der Waals surface area contributed by atoms with Crippen molar-refractivity contribution in [1.82, 2.24) is 13.9 Å². The Morgan fingerprint density at radius 2 is 2.12 bits per heavy atom. The lowest BCUT2D eigenvalue weighted by Gasteiger charge is -2.17. The van der Waals surface area contributed by atoms with Gasteiger partial charge in [-0.25, -0.2) is 18.2 Å². The highest BCUT2D eigenvalue weighted by Crippen LogP contribution is 2.25. The minimum atomic E-state index is -3.69. The minimum absolute atomic E-state index is 0.125. The molecule has 1 aromatic carbocycles. The van der Waals surface area contributed by atoms with Crippen molar-refractivity contribution >= 4 is 21.1 Å². The number of oxazole rings is 1. The Hall–Kier alpha value is -2.65. The molecule has 0 bridgehead atoms. The Balaban J connectivity index is 1.57. The summed E-state index contributed by atoms with van der Waals surface area (Å²) in [5, 5.41) is 0. The van der Waals surface area contributed by atoms with Crippen molar-refractivity contribution in [1.29, 1.82) is 0 Å². The van der Waals surface area contributed by atoms with E-state index in [1.54, 1.807) is 18.3 Å². The molecule has 136 valence electrons. The molecule has 1 aliphatic heterocycles. The molecule has 0 spiro atoms. The molecule has 1 aliphatic rings. The van der Waals surface area contributed by atoms with Crippen LogP contribution in [-0.2, 0) is 17.1 Å². The lowest BCUT2D eigenvalue weighted by atomic mass is 10.3. The van der Waals surface area contributed by atoms with Crippen molar-refractivity contribution in [2.45, 2.75) is 17.4 Å². The van der Waals surface area contributed by atoms with Gasteiger partial charge in [-0.3, -0.25) is 4.57 Å². The van der Waals surface area contributed by atoms with Crippen LogP contribution < -0.4 is 10.5 Å². The summed E-state index contributed by atoms with van der Waals surface area (Å²) in [4.78, 5) is 15.8. The van der Waals surface area contributed by atoms with Gasteiger partial charge >= 0.3 is 5.76 Å². The van der Waals surface area contributed by atoms with Crippen LogP contribution in [0.1, 0.15) is 6.42 Å². The molecule has 0 saturated carbocycles. The normalized spacial score (nSPS) is 18.4. The van der Waals surface area contributed by atoms with E-state index in [2.05, 4.69) is 4.98 Å². The molecule has 3 heterocycles. The van der Waals surface area contributed by atoms with E-state index in [4.69, 9.17) is 9.15 Å². The van der Waals surface area contributed by atoms with E-state index in [9.17, 15) is 13.2 Å². The molecule has 1 fully saturated rings. The van der Waals surface area contributed by atoms with Gasteiger partial charge in [0.05, 0.1) is 17.0 Å². The maximum absolute atomic E-state index is 12.9. The van der Waals surface area contributed by atoms with E-state index in [1.165, 1.54) is 34.1 Å². The van der Waals surface area contributed by atoms with Crippen LogP contribution in [0.3, 0.4) is 0 Å². The maximum Gasteiger partial charge on any atom is 0.419 e. The van der Waals surface area contributed by atoms with Crippen molar-refractivity contribution in [3.8, 4) is 5.88 Å². The molecule has 9 heteroatoms. The summed E-state index contributed by atoms with van der Waals surface area (Å²) in [6.45, 7) is 0.615. The molecule has 0 aliphatic carbocycles. The van der Waals surface area contributed by atoms with Gasteiger partial charge in [-0.05, 0) is 30.7 Å². The quantitative estimate of drug-likeness (QED) is 0.684. The predicted molar refractivity (Wildman–Crippen MR) is 93.5 cm³/mol. The van der Waals surface area contributed by atoms with Crippen molar-refractivity contribution < 1.29 is 17.6 Å². The van der Waals surface area contributed by atoms with E-state index >= 15 is 0 Å². The summed E-state index contributed by atoms with van der Waals surface area (Å²) >= 11 is 0. The average Bonchev–Trinajstić information content (AvgIpc) is 3.21. The first-order valence-corrected chi connectivity index (χ1v) is 9.56. The molecule has 4 rings (SSSR count). The number of fused-ring (bicyclic) bond motifs is 1. The van der Waals surface area contributed by atoms with E-state index in [0.29, 0.717) is 29.9 Å². The number of rotatable bonds is 4. The molecule has 1 saturated heterocycles. The molecule has 8 nitrogen and oxygen atoms in total. The first-order chi connectivity index (χ1) is 12.4. The number of pyridine rings is 1. The third-order valence-electron chi connectivity index (χ3n) is 4.43. The van der Waals surface area contributed by atoms with Crippen molar-refractivity contribution in [2.24, 2.45) is 7.05 Å². The van der Waals surface area contributed by atoms with Crippen LogP contribution in [0.4, 0.5) is 0 Å². The summed E-state index contributed by atoms with van der Waals surface area (Å²) in [6.07, 6.45) is 1.97. The number of hydrogen-bond donors (Lipinski definition) is 0. The van der Waals surface area contributed by atoms with Crippen LogP contribution in [0.25, 0.3) is 11.1 Å². The maximum atomic E-state index is 12.9. The number of ether oxygens (including phenoxy) is 1. The van der Waals surface area contributed by atoms with Crippen LogP contribution in [0.2, 0.25) is 0 Å². The average molecular weight is 375 g/mol. The zero-order valence-corrected chi connectivity index (χ0v) is 14.8. The molecular formula is C17H17N3O5S. The van der Waals surface area contributed by atoms with Crippen molar-refractivity contribution in [3.63, 3.8) is 0 Å². The summed E-state index contributed by atoms with van der Waals surface area (Å²) in [5.74, 6) is -0.0499. The van der Waals surface area contributed by atoms with Gasteiger partial charge in [0.25, 0.3) is 0 Å². The fraction of sp³-hybridized carbons (Fsp3) is 0.294. The van der Waals surface area contributed by atoms with Gasteiger partial charge in [0.15, 0.2) is 5.58 Å². The van der Waals surface area contributed by atoms with Gasteiger partial charge in [-0.15, -0.1) is 0 Å². The number of sulfonamides is 1. The molecule has 1 atom stereocenters. The standard InChI is InChI=1S/C17H17N3O5S/c1-19-14-10-13(5-6-15(14)25-17(19)21)26(22,23)20-9-7-12(11-20)24-16-4-2-3-8-18-16/h2-6,8,10,12H,7,9,11H2,1H3. The Bertz CT molecular complexity index is 1100. The van der Waals surface area contributed by atoms with Crippen LogP contribution >= 0.6 is 0 Å². The van der Waals surface area contributed by atoms with Crippen molar-refractivity contribution in [3.05, 3.63) is 53.1 Å². The van der Waals surface area contributed by atoms with Gasteiger partial charge in [-0.2, -0.15) is 4.31 Å². The first-order valence-electron chi connectivity index (χ1n) is 8.12. The van der Waals surface area contributed by atoms with E-state index in [1.807, 2.05) is 6.07 Å². The fourth-order valence-corrected chi connectivity index (χ4v) is 4.52. The van der Waals surface area contributed by atoms with Crippen LogP contribution in [-0.4, -0.2) is 41.5 Å². The van der Waals surface area contributed by atoms with Gasteiger partial charge in [0, 0.05) is 25.9 Å². The number of nitrogens with zero attached hydrogens (tertiary/aromatic N) is 3. The zero-order valence-electron chi connectivity index (χ0n) is 14.0. The Morgan fingerprint density at radius 3 is 2.88 bits per heavy atom. The van der Waals surface area contributed by atoms with Crippen LogP contribution in [0.15, 0.2) is 56.7 Å². The Kier molecular flexibility index (Phi) is 4.04. The molecule has 26 heavy (non-hydrogen) atoms. The molecule has 3 aromatic rings. The zero-order chi connectivity index (χ0) is 18.3. The molecule has 0 N–H and O–H groups in total. The van der Waals surface area contributed by atoms with Gasteiger partial charge < -0.3 is 9.15 Å². The molecule has 2 aromatic heterocycles. The predicted octanol–water partition coefficient (Wildman–Crippen LogP) is 1.37. The van der Waals surface area contributed by atoms with E-state index in [-0.39, 0.29) is 17.5 Å². The number of aryl methyl sites for hydroxylation is 1. The topological polar surface area (TPSA) is 94.6 Å². The Morgan fingerprint density at radius 1 is 1.27 bits per heavy atom. The van der Waals surface area contributed by atoms with Gasteiger partial charge in [0.1, 0.15) is 6.10 Å². The van der Waals surface area contributed by atoms with Crippen LogP contribution in [0.5, 0.6) is 5.88 Å². The van der Waals surface area contributed by atoms with Gasteiger partial charge in [0.2, 0.25) is 15.9 Å². The summed E-state index contributed by atoms with van der Waals surface area (Å²) < 4.78 is 39.3. The minimum Gasteiger partial charge on any atom is -0.473 e. The second-order valence-electron chi connectivity index (χ2n) is 6.12. The van der Waals surface area contributed by atoms with Gasteiger partial charge in [-0.1, -0.05) is 6.07 Å². The fourth-order valence-electron chi connectivity index (χ4n) is 3.02.